The van der Waals surface area contributed by atoms with E-state index in [1.165, 1.54) is 0 Å². The lowest BCUT2D eigenvalue weighted by Gasteiger charge is -2.16. The molecule has 3 nitrogen and oxygen atoms in total. The van der Waals surface area contributed by atoms with E-state index >= 15 is 0 Å². The van der Waals surface area contributed by atoms with Crippen molar-refractivity contribution in [1.29, 1.82) is 0 Å². The topological polar surface area (TPSA) is 64.9 Å². The fraction of sp³-hybridized carbons (Fsp3) is 0.214. The van der Waals surface area contributed by atoms with Gasteiger partial charge in [-0.3, -0.25) is 0 Å². The van der Waals surface area contributed by atoms with Crippen LogP contribution in [0.1, 0.15) is 28.3 Å². The van der Waals surface area contributed by atoms with E-state index in [0.717, 1.165) is 5.56 Å². The molecule has 94 valence electrons. The van der Waals surface area contributed by atoms with Crippen LogP contribution < -0.4 is 11.5 Å². The van der Waals surface area contributed by atoms with Gasteiger partial charge < -0.3 is 11.5 Å². The van der Waals surface area contributed by atoms with Gasteiger partial charge in [0.05, 0.1) is 6.04 Å². The lowest BCUT2D eigenvalue weighted by Crippen LogP contribution is -2.16. The van der Waals surface area contributed by atoms with Crippen LogP contribution in [0.5, 0.6) is 0 Å². The number of anilines is 1. The van der Waals surface area contributed by atoms with Crippen LogP contribution in [0, 0.1) is 19.7 Å². The van der Waals surface area contributed by atoms with Gasteiger partial charge in [-0.1, -0.05) is 18.2 Å². The zero-order chi connectivity index (χ0) is 13.3. The fourth-order valence-corrected chi connectivity index (χ4v) is 1.93. The summed E-state index contributed by atoms with van der Waals surface area (Å²) in [5.41, 5.74) is 14.5. The molecular weight excluding hydrogens is 229 g/mol. The van der Waals surface area contributed by atoms with E-state index in [1.807, 2.05) is 13.0 Å². The van der Waals surface area contributed by atoms with Crippen molar-refractivity contribution in [2.75, 3.05) is 5.73 Å². The molecule has 0 radical (unpaired) electrons. The number of hydrogen-bond acceptors (Lipinski definition) is 3. The van der Waals surface area contributed by atoms with Crippen LogP contribution in [-0.4, -0.2) is 4.98 Å². The molecule has 1 unspecified atom stereocenters. The summed E-state index contributed by atoms with van der Waals surface area (Å²) >= 11 is 0. The van der Waals surface area contributed by atoms with Gasteiger partial charge in [0, 0.05) is 17.3 Å². The maximum atomic E-state index is 14.0. The molecule has 0 saturated heterocycles. The molecule has 1 aromatic carbocycles. The van der Waals surface area contributed by atoms with Gasteiger partial charge in [-0.2, -0.15) is 0 Å². The Balaban J connectivity index is 2.51. The summed E-state index contributed by atoms with van der Waals surface area (Å²) < 4.78 is 14.0. The Morgan fingerprint density at radius 1 is 1.22 bits per heavy atom. The normalized spacial score (nSPS) is 12.4. The van der Waals surface area contributed by atoms with Gasteiger partial charge in [0.25, 0.3) is 0 Å². The summed E-state index contributed by atoms with van der Waals surface area (Å²) in [5.74, 6) is 0.0555. The molecule has 2 rings (SSSR count). The number of nitrogens with zero attached hydrogens (tertiary/aromatic N) is 1. The summed E-state index contributed by atoms with van der Waals surface area (Å²) in [7, 11) is 0. The van der Waals surface area contributed by atoms with Crippen molar-refractivity contribution in [2.24, 2.45) is 5.73 Å². The highest BCUT2D eigenvalue weighted by molar-refractivity contribution is 5.47. The minimum atomic E-state index is -0.600. The largest absolute Gasteiger partial charge is 0.383 e. The van der Waals surface area contributed by atoms with Gasteiger partial charge in [-0.15, -0.1) is 0 Å². The molecule has 2 aromatic rings. The summed E-state index contributed by atoms with van der Waals surface area (Å²) in [6, 6.07) is 6.41. The average Bonchev–Trinajstić information content (AvgIpc) is 2.35. The monoisotopic (exact) mass is 245 g/mol. The van der Waals surface area contributed by atoms with E-state index in [0.29, 0.717) is 22.5 Å². The third-order valence-electron chi connectivity index (χ3n) is 2.98. The molecule has 0 aliphatic heterocycles. The quantitative estimate of drug-likeness (QED) is 0.854. The number of halogens is 1. The maximum Gasteiger partial charge on any atom is 0.131 e. The lowest BCUT2D eigenvalue weighted by atomic mass is 9.97. The molecule has 1 aromatic heterocycles. The second-order valence-corrected chi connectivity index (χ2v) is 4.44. The third-order valence-corrected chi connectivity index (χ3v) is 2.98. The Morgan fingerprint density at radius 2 is 1.94 bits per heavy atom. The first-order valence-corrected chi connectivity index (χ1v) is 5.73. The number of pyridine rings is 1. The molecule has 1 atom stereocenters. The first-order chi connectivity index (χ1) is 8.50. The Bertz CT molecular complexity index is 579. The van der Waals surface area contributed by atoms with Gasteiger partial charge in [-0.05, 0) is 31.0 Å². The minimum absolute atomic E-state index is 0.286. The van der Waals surface area contributed by atoms with Crippen LogP contribution in [0.2, 0.25) is 0 Å². The minimum Gasteiger partial charge on any atom is -0.383 e. The van der Waals surface area contributed by atoms with Gasteiger partial charge in [0.1, 0.15) is 11.6 Å². The van der Waals surface area contributed by atoms with Crippen LogP contribution >= 0.6 is 0 Å². The fourth-order valence-electron chi connectivity index (χ4n) is 1.93. The van der Waals surface area contributed by atoms with E-state index in [9.17, 15) is 4.39 Å². The highest BCUT2D eigenvalue weighted by atomic mass is 19.1. The first kappa shape index (κ1) is 12.5. The molecule has 0 amide bonds. The molecule has 0 bridgehead atoms. The molecule has 0 saturated carbocycles. The van der Waals surface area contributed by atoms with Crippen LogP contribution in [0.4, 0.5) is 10.2 Å². The molecule has 4 heteroatoms. The van der Waals surface area contributed by atoms with E-state index in [2.05, 4.69) is 4.98 Å². The zero-order valence-corrected chi connectivity index (χ0v) is 10.4. The van der Waals surface area contributed by atoms with E-state index in [4.69, 9.17) is 11.5 Å². The molecule has 0 aliphatic rings. The highest BCUT2D eigenvalue weighted by Crippen LogP contribution is 2.27. The van der Waals surface area contributed by atoms with Crippen molar-refractivity contribution in [2.45, 2.75) is 19.9 Å². The summed E-state index contributed by atoms with van der Waals surface area (Å²) in [6.07, 6.45) is 1.66. The predicted molar refractivity (Wildman–Crippen MR) is 70.6 cm³/mol. The van der Waals surface area contributed by atoms with E-state index < -0.39 is 6.04 Å². The number of nitrogens with two attached hydrogens (primary N) is 2. The van der Waals surface area contributed by atoms with Crippen LogP contribution in [-0.2, 0) is 0 Å². The summed E-state index contributed by atoms with van der Waals surface area (Å²) in [4.78, 5) is 4.05. The smallest absolute Gasteiger partial charge is 0.131 e. The SMILES string of the molecule is Cc1cnc(N)c(C(N)c2cccc(C)c2F)c1. The number of rotatable bonds is 2. The number of aryl methyl sites for hydroxylation is 2. The number of nitrogen functional groups attached to an aromatic ring is 1. The van der Waals surface area contributed by atoms with Crippen molar-refractivity contribution in [3.63, 3.8) is 0 Å². The summed E-state index contributed by atoms with van der Waals surface area (Å²) in [6.45, 7) is 3.61. The molecular formula is C14H16FN3. The summed E-state index contributed by atoms with van der Waals surface area (Å²) in [5, 5.41) is 0. The first-order valence-electron chi connectivity index (χ1n) is 5.73. The molecule has 1 heterocycles. The highest BCUT2D eigenvalue weighted by Gasteiger charge is 2.17. The van der Waals surface area contributed by atoms with Crippen molar-refractivity contribution in [3.8, 4) is 0 Å². The Labute approximate surface area is 106 Å². The Hall–Kier alpha value is -1.94. The zero-order valence-electron chi connectivity index (χ0n) is 10.4. The molecule has 0 aliphatic carbocycles. The second-order valence-electron chi connectivity index (χ2n) is 4.44. The van der Waals surface area contributed by atoms with Crippen LogP contribution in [0.3, 0.4) is 0 Å². The lowest BCUT2D eigenvalue weighted by molar-refractivity contribution is 0.591. The standard InChI is InChI=1S/C14H16FN3/c1-8-6-11(14(17)18-7-8)13(16)10-5-3-4-9(2)12(10)15/h3-7,13H,16H2,1-2H3,(H2,17,18). The molecule has 4 N–H and O–H groups in total. The predicted octanol–water partition coefficient (Wildman–Crippen LogP) is 2.47. The maximum absolute atomic E-state index is 14.0. The Kier molecular flexibility index (Phi) is 3.30. The molecule has 18 heavy (non-hydrogen) atoms. The van der Waals surface area contributed by atoms with Crippen molar-refractivity contribution >= 4 is 5.82 Å². The molecule has 0 spiro atoms. The number of aromatic nitrogens is 1. The Morgan fingerprint density at radius 3 is 2.67 bits per heavy atom. The van der Waals surface area contributed by atoms with Crippen molar-refractivity contribution in [3.05, 3.63) is 58.5 Å². The molecule has 0 fully saturated rings. The van der Waals surface area contributed by atoms with Gasteiger partial charge in [0.2, 0.25) is 0 Å². The van der Waals surface area contributed by atoms with E-state index in [-0.39, 0.29) is 5.82 Å². The van der Waals surface area contributed by atoms with Crippen molar-refractivity contribution < 1.29 is 4.39 Å². The number of hydrogen-bond donors (Lipinski definition) is 2. The second kappa shape index (κ2) is 4.74. The van der Waals surface area contributed by atoms with Crippen molar-refractivity contribution in [1.82, 2.24) is 4.98 Å². The third kappa shape index (κ3) is 2.19. The van der Waals surface area contributed by atoms with Crippen LogP contribution in [0.25, 0.3) is 0 Å². The van der Waals surface area contributed by atoms with Crippen LogP contribution in [0.15, 0.2) is 30.5 Å². The van der Waals surface area contributed by atoms with Gasteiger partial charge >= 0.3 is 0 Å². The van der Waals surface area contributed by atoms with E-state index in [1.54, 1.807) is 31.3 Å². The average molecular weight is 245 g/mol. The van der Waals surface area contributed by atoms with Gasteiger partial charge in [0.15, 0.2) is 0 Å². The van der Waals surface area contributed by atoms with Gasteiger partial charge in [-0.25, -0.2) is 9.37 Å². The number of benzene rings is 1.